The second-order valence-corrected chi connectivity index (χ2v) is 3.95. The fraction of sp³-hybridized carbons (Fsp3) is 0.0909. The van der Waals surface area contributed by atoms with E-state index < -0.39 is 0 Å². The van der Waals surface area contributed by atoms with Crippen molar-refractivity contribution in [3.63, 3.8) is 0 Å². The third-order valence-corrected chi connectivity index (χ3v) is 2.78. The molecule has 2 rings (SSSR count). The van der Waals surface area contributed by atoms with Crippen LogP contribution in [0.15, 0.2) is 36.7 Å². The molecule has 0 atom stereocenters. The Morgan fingerprint density at radius 2 is 2.13 bits per heavy atom. The number of halogens is 2. The molecule has 0 aromatic carbocycles. The molecule has 0 aliphatic rings. The summed E-state index contributed by atoms with van der Waals surface area (Å²) in [6.45, 7) is 0. The van der Waals surface area contributed by atoms with Crippen LogP contribution < -0.4 is 0 Å². The van der Waals surface area contributed by atoms with Gasteiger partial charge in [-0.1, -0.05) is 33.6 Å². The van der Waals surface area contributed by atoms with E-state index >= 15 is 0 Å². The van der Waals surface area contributed by atoms with Gasteiger partial charge in [-0.15, -0.1) is 0 Å². The Morgan fingerprint density at radius 3 is 2.80 bits per heavy atom. The van der Waals surface area contributed by atoms with Gasteiger partial charge >= 0.3 is 0 Å². The van der Waals surface area contributed by atoms with E-state index in [-0.39, 0.29) is 0 Å². The van der Waals surface area contributed by atoms with E-state index in [1.807, 2.05) is 24.4 Å². The summed E-state index contributed by atoms with van der Waals surface area (Å²) in [6.07, 6.45) is 3.57. The molecule has 0 radical (unpaired) electrons. The van der Waals surface area contributed by atoms with Crippen molar-refractivity contribution in [1.82, 2.24) is 9.97 Å². The summed E-state index contributed by atoms with van der Waals surface area (Å²) < 4.78 is 0. The molecule has 4 heteroatoms. The minimum atomic E-state index is 0.511. The van der Waals surface area contributed by atoms with Crippen molar-refractivity contribution in [3.05, 3.63) is 47.5 Å². The van der Waals surface area contributed by atoms with Crippen LogP contribution in [0.25, 0.3) is 11.1 Å². The first-order valence-corrected chi connectivity index (χ1v) is 5.93. The van der Waals surface area contributed by atoms with Crippen LogP contribution in [0.1, 0.15) is 5.69 Å². The molecule has 2 heterocycles. The highest BCUT2D eigenvalue weighted by molar-refractivity contribution is 9.08. The molecule has 0 fully saturated rings. The molecule has 0 aliphatic heterocycles. The molecule has 0 spiro atoms. The average molecular weight is 284 g/mol. The van der Waals surface area contributed by atoms with Gasteiger partial charge in [0.1, 0.15) is 5.15 Å². The van der Waals surface area contributed by atoms with Crippen molar-refractivity contribution < 1.29 is 0 Å². The zero-order chi connectivity index (χ0) is 10.7. The largest absolute Gasteiger partial charge is 0.264 e. The van der Waals surface area contributed by atoms with Crippen LogP contribution in [-0.4, -0.2) is 9.97 Å². The van der Waals surface area contributed by atoms with Gasteiger partial charge in [-0.3, -0.25) is 4.98 Å². The lowest BCUT2D eigenvalue weighted by molar-refractivity contribution is 1.18. The van der Waals surface area contributed by atoms with Crippen LogP contribution in [0.2, 0.25) is 5.15 Å². The van der Waals surface area contributed by atoms with E-state index in [4.69, 9.17) is 11.6 Å². The van der Waals surface area contributed by atoms with Crippen LogP contribution in [0.5, 0.6) is 0 Å². The summed E-state index contributed by atoms with van der Waals surface area (Å²) in [5.74, 6) is 0. The molecular weight excluding hydrogens is 275 g/mol. The van der Waals surface area contributed by atoms with E-state index in [0.29, 0.717) is 10.5 Å². The third kappa shape index (κ3) is 2.36. The zero-order valence-corrected chi connectivity index (χ0v) is 10.2. The molecule has 2 aromatic heterocycles. The van der Waals surface area contributed by atoms with Crippen LogP contribution in [-0.2, 0) is 5.33 Å². The maximum Gasteiger partial charge on any atom is 0.129 e. The van der Waals surface area contributed by atoms with Crippen molar-refractivity contribution in [2.24, 2.45) is 0 Å². The predicted molar refractivity (Wildman–Crippen MR) is 65.1 cm³/mol. The first kappa shape index (κ1) is 10.6. The van der Waals surface area contributed by atoms with Crippen molar-refractivity contribution >= 4 is 27.5 Å². The number of hydrogen-bond donors (Lipinski definition) is 0. The number of nitrogens with zero attached hydrogens (tertiary/aromatic N) is 2. The topological polar surface area (TPSA) is 25.8 Å². The van der Waals surface area contributed by atoms with E-state index in [0.717, 1.165) is 16.8 Å². The molecule has 0 aliphatic carbocycles. The maximum absolute atomic E-state index is 5.84. The normalized spacial score (nSPS) is 10.3. The zero-order valence-electron chi connectivity index (χ0n) is 7.82. The molecule has 0 bridgehead atoms. The molecule has 0 amide bonds. The van der Waals surface area contributed by atoms with Crippen LogP contribution in [0.4, 0.5) is 0 Å². The van der Waals surface area contributed by atoms with Gasteiger partial charge in [-0.25, -0.2) is 4.98 Å². The summed E-state index contributed by atoms with van der Waals surface area (Å²) in [5, 5.41) is 1.19. The minimum Gasteiger partial charge on any atom is -0.264 e. The molecule has 0 saturated heterocycles. The lowest BCUT2D eigenvalue weighted by Gasteiger charge is -2.06. The Bertz CT molecular complexity index is 459. The lowest BCUT2D eigenvalue weighted by Crippen LogP contribution is -1.91. The minimum absolute atomic E-state index is 0.511. The molecule has 0 N–H and O–H groups in total. The van der Waals surface area contributed by atoms with Crippen molar-refractivity contribution in [2.75, 3.05) is 0 Å². The Balaban J connectivity index is 2.53. The number of alkyl halides is 1. The highest BCUT2D eigenvalue weighted by atomic mass is 79.9. The smallest absolute Gasteiger partial charge is 0.129 e. The van der Waals surface area contributed by atoms with E-state index in [1.165, 1.54) is 0 Å². The highest BCUT2D eigenvalue weighted by Gasteiger charge is 2.06. The fourth-order valence-corrected chi connectivity index (χ4v) is 1.95. The first-order chi connectivity index (χ1) is 7.31. The van der Waals surface area contributed by atoms with E-state index in [2.05, 4.69) is 25.9 Å². The summed E-state index contributed by atoms with van der Waals surface area (Å²) in [5.41, 5.74) is 3.04. The van der Waals surface area contributed by atoms with Gasteiger partial charge in [-0.2, -0.15) is 0 Å². The van der Waals surface area contributed by atoms with E-state index in [1.54, 1.807) is 12.3 Å². The van der Waals surface area contributed by atoms with Gasteiger partial charge < -0.3 is 0 Å². The third-order valence-electron chi connectivity index (χ3n) is 2.04. The monoisotopic (exact) mass is 282 g/mol. The summed E-state index contributed by atoms with van der Waals surface area (Å²) in [7, 11) is 0. The van der Waals surface area contributed by atoms with Gasteiger partial charge in [-0.05, 0) is 18.2 Å². The van der Waals surface area contributed by atoms with Gasteiger partial charge in [0.05, 0.1) is 5.69 Å². The summed E-state index contributed by atoms with van der Waals surface area (Å²) >= 11 is 9.23. The SMILES string of the molecule is Clc1ccc(-c2cccnc2)c(CBr)n1. The Kier molecular flexibility index (Phi) is 3.34. The second-order valence-electron chi connectivity index (χ2n) is 3.00. The number of rotatable bonds is 2. The van der Waals surface area contributed by atoms with Gasteiger partial charge in [0.25, 0.3) is 0 Å². The van der Waals surface area contributed by atoms with Gasteiger partial charge in [0, 0.05) is 28.9 Å². The average Bonchev–Trinajstić information content (AvgIpc) is 2.30. The maximum atomic E-state index is 5.84. The summed E-state index contributed by atoms with van der Waals surface area (Å²) in [6, 6.07) is 7.66. The standard InChI is InChI=1S/C11H8BrClN2/c12-6-10-9(3-4-11(13)15-10)8-2-1-5-14-7-8/h1-5,7H,6H2. The van der Waals surface area contributed by atoms with E-state index in [9.17, 15) is 0 Å². The molecule has 0 unspecified atom stereocenters. The summed E-state index contributed by atoms with van der Waals surface area (Å²) in [4.78, 5) is 8.34. The Hall–Kier alpha value is -0.930. The van der Waals surface area contributed by atoms with Crippen molar-refractivity contribution in [3.8, 4) is 11.1 Å². The molecule has 0 saturated carbocycles. The van der Waals surface area contributed by atoms with Crippen LogP contribution >= 0.6 is 27.5 Å². The highest BCUT2D eigenvalue weighted by Crippen LogP contribution is 2.24. The van der Waals surface area contributed by atoms with Gasteiger partial charge in [0.2, 0.25) is 0 Å². The first-order valence-electron chi connectivity index (χ1n) is 4.43. The fourth-order valence-electron chi connectivity index (χ4n) is 1.36. The molecule has 2 aromatic rings. The van der Waals surface area contributed by atoms with Crippen LogP contribution in [0.3, 0.4) is 0 Å². The quantitative estimate of drug-likeness (QED) is 0.620. The Morgan fingerprint density at radius 1 is 1.27 bits per heavy atom. The lowest BCUT2D eigenvalue weighted by atomic mass is 10.1. The van der Waals surface area contributed by atoms with Crippen LogP contribution in [0, 0.1) is 0 Å². The predicted octanol–water partition coefficient (Wildman–Crippen LogP) is 3.69. The molecule has 76 valence electrons. The Labute approximate surface area is 101 Å². The van der Waals surface area contributed by atoms with Crippen molar-refractivity contribution in [1.29, 1.82) is 0 Å². The van der Waals surface area contributed by atoms with Crippen molar-refractivity contribution in [2.45, 2.75) is 5.33 Å². The molecular formula is C11H8BrClN2. The number of hydrogen-bond acceptors (Lipinski definition) is 2. The number of pyridine rings is 2. The second kappa shape index (κ2) is 4.73. The molecule has 15 heavy (non-hydrogen) atoms. The number of aromatic nitrogens is 2. The van der Waals surface area contributed by atoms with Gasteiger partial charge in [0.15, 0.2) is 0 Å². The molecule has 2 nitrogen and oxygen atoms in total.